The normalized spacial score (nSPS) is 12.8. The van der Waals surface area contributed by atoms with Crippen LogP contribution in [0.1, 0.15) is 41.5 Å². The molecule has 82 valence electrons. The van der Waals surface area contributed by atoms with Gasteiger partial charge in [0.15, 0.2) is 5.78 Å². The number of allylic oxidation sites excluding steroid dienone is 2. The molecule has 1 N–H and O–H groups in total. The zero-order chi connectivity index (χ0) is 11.3. The SMILES string of the molecule is CC(C)N/C(=C\C(=O)C(C)C)C(C)C. The minimum absolute atomic E-state index is 0.0812. The van der Waals surface area contributed by atoms with Crippen molar-refractivity contribution in [3.8, 4) is 0 Å². The van der Waals surface area contributed by atoms with Crippen molar-refractivity contribution in [1.29, 1.82) is 0 Å². The van der Waals surface area contributed by atoms with Gasteiger partial charge in [-0.05, 0) is 19.8 Å². The fourth-order valence-corrected chi connectivity index (χ4v) is 1.03. The maximum absolute atomic E-state index is 11.5. The molecule has 0 bridgehead atoms. The summed E-state index contributed by atoms with van der Waals surface area (Å²) < 4.78 is 0. The highest BCUT2D eigenvalue weighted by Crippen LogP contribution is 2.09. The molecule has 0 aliphatic heterocycles. The predicted octanol–water partition coefficient (Wildman–Crippen LogP) is 2.75. The van der Waals surface area contributed by atoms with Crippen LogP contribution in [-0.4, -0.2) is 11.8 Å². The van der Waals surface area contributed by atoms with Gasteiger partial charge in [-0.15, -0.1) is 0 Å². The van der Waals surface area contributed by atoms with Gasteiger partial charge in [-0.25, -0.2) is 0 Å². The lowest BCUT2D eigenvalue weighted by Crippen LogP contribution is -2.26. The molecule has 0 saturated carbocycles. The van der Waals surface area contributed by atoms with Gasteiger partial charge in [-0.2, -0.15) is 0 Å². The monoisotopic (exact) mass is 197 g/mol. The van der Waals surface area contributed by atoms with Crippen LogP contribution in [0.5, 0.6) is 0 Å². The summed E-state index contributed by atoms with van der Waals surface area (Å²) in [6.45, 7) is 12.2. The molecular weight excluding hydrogens is 174 g/mol. The van der Waals surface area contributed by atoms with Gasteiger partial charge in [0.25, 0.3) is 0 Å². The molecule has 0 heterocycles. The van der Waals surface area contributed by atoms with Gasteiger partial charge in [0, 0.05) is 23.7 Å². The zero-order valence-electron chi connectivity index (χ0n) is 10.2. The lowest BCUT2D eigenvalue weighted by atomic mass is 10.0. The van der Waals surface area contributed by atoms with Crippen LogP contribution >= 0.6 is 0 Å². The fraction of sp³-hybridized carbons (Fsp3) is 0.750. The molecule has 2 nitrogen and oxygen atoms in total. The number of rotatable bonds is 5. The highest BCUT2D eigenvalue weighted by atomic mass is 16.1. The van der Waals surface area contributed by atoms with Crippen LogP contribution in [0.4, 0.5) is 0 Å². The Morgan fingerprint density at radius 3 is 1.79 bits per heavy atom. The summed E-state index contributed by atoms with van der Waals surface area (Å²) in [5, 5.41) is 3.31. The van der Waals surface area contributed by atoms with Crippen molar-refractivity contribution >= 4 is 5.78 Å². The van der Waals surface area contributed by atoms with E-state index in [-0.39, 0.29) is 11.7 Å². The minimum atomic E-state index is 0.0812. The molecule has 14 heavy (non-hydrogen) atoms. The van der Waals surface area contributed by atoms with E-state index in [2.05, 4.69) is 33.0 Å². The molecule has 0 amide bonds. The van der Waals surface area contributed by atoms with E-state index in [4.69, 9.17) is 0 Å². The highest BCUT2D eigenvalue weighted by Gasteiger charge is 2.09. The Hall–Kier alpha value is -0.790. The van der Waals surface area contributed by atoms with Crippen LogP contribution < -0.4 is 5.32 Å². The van der Waals surface area contributed by atoms with Crippen LogP contribution in [0.3, 0.4) is 0 Å². The number of nitrogens with one attached hydrogen (secondary N) is 1. The second-order valence-corrected chi connectivity index (χ2v) is 4.61. The molecule has 0 unspecified atom stereocenters. The van der Waals surface area contributed by atoms with Crippen molar-refractivity contribution < 1.29 is 4.79 Å². The summed E-state index contributed by atoms with van der Waals surface area (Å²) in [7, 11) is 0. The fourth-order valence-electron chi connectivity index (χ4n) is 1.03. The lowest BCUT2D eigenvalue weighted by Gasteiger charge is -2.17. The van der Waals surface area contributed by atoms with Crippen molar-refractivity contribution in [3.63, 3.8) is 0 Å². The number of carbonyl (C=O) groups excluding carboxylic acids is 1. The van der Waals surface area contributed by atoms with Crippen molar-refractivity contribution in [1.82, 2.24) is 5.32 Å². The summed E-state index contributed by atoms with van der Waals surface area (Å²) in [5.41, 5.74) is 1.04. The van der Waals surface area contributed by atoms with E-state index >= 15 is 0 Å². The number of hydrogen-bond acceptors (Lipinski definition) is 2. The van der Waals surface area contributed by atoms with Crippen molar-refractivity contribution in [3.05, 3.63) is 11.8 Å². The van der Waals surface area contributed by atoms with Crippen LogP contribution in [-0.2, 0) is 4.79 Å². The van der Waals surface area contributed by atoms with Crippen LogP contribution in [0.2, 0.25) is 0 Å². The van der Waals surface area contributed by atoms with Gasteiger partial charge in [-0.3, -0.25) is 4.79 Å². The maximum Gasteiger partial charge on any atom is 0.159 e. The van der Waals surface area contributed by atoms with Gasteiger partial charge < -0.3 is 5.32 Å². The highest BCUT2D eigenvalue weighted by molar-refractivity contribution is 5.91. The van der Waals surface area contributed by atoms with E-state index in [0.717, 1.165) is 5.70 Å². The molecule has 0 spiro atoms. The Labute approximate surface area is 87.8 Å². The Balaban J connectivity index is 4.56. The number of hydrogen-bond donors (Lipinski definition) is 1. The average molecular weight is 197 g/mol. The summed E-state index contributed by atoms with van der Waals surface area (Å²) in [6, 6.07) is 0.378. The Morgan fingerprint density at radius 1 is 1.00 bits per heavy atom. The summed E-state index contributed by atoms with van der Waals surface area (Å²) in [5.74, 6) is 0.652. The molecule has 0 aromatic heterocycles. The van der Waals surface area contributed by atoms with E-state index in [1.165, 1.54) is 0 Å². The first-order valence-corrected chi connectivity index (χ1v) is 5.36. The van der Waals surface area contributed by atoms with Crippen molar-refractivity contribution in [2.24, 2.45) is 11.8 Å². The molecule has 0 saturated heterocycles. The third kappa shape index (κ3) is 5.05. The van der Waals surface area contributed by atoms with Crippen LogP contribution in [0.25, 0.3) is 0 Å². The van der Waals surface area contributed by atoms with Gasteiger partial charge in [0.1, 0.15) is 0 Å². The molecule has 0 rings (SSSR count). The molecule has 0 aliphatic carbocycles. The summed E-state index contributed by atoms with van der Waals surface area (Å²) in [4.78, 5) is 11.5. The topological polar surface area (TPSA) is 29.1 Å². The molecule has 0 aromatic rings. The molecule has 0 aliphatic rings. The molecular formula is C12H23NO. The van der Waals surface area contributed by atoms with Gasteiger partial charge >= 0.3 is 0 Å². The third-order valence-electron chi connectivity index (χ3n) is 1.94. The first-order chi connectivity index (χ1) is 6.34. The van der Waals surface area contributed by atoms with E-state index < -0.39 is 0 Å². The second kappa shape index (κ2) is 5.84. The molecule has 2 heteroatoms. The zero-order valence-corrected chi connectivity index (χ0v) is 10.2. The Morgan fingerprint density at radius 2 is 1.50 bits per heavy atom. The standard InChI is InChI=1S/C12H23NO/c1-8(2)11(13-10(5)6)7-12(14)9(3)4/h7-10,13H,1-6H3/b11-7-. The molecule has 0 fully saturated rings. The average Bonchev–Trinajstić information content (AvgIpc) is 2.01. The summed E-state index contributed by atoms with van der Waals surface area (Å²) >= 11 is 0. The van der Waals surface area contributed by atoms with E-state index in [1.54, 1.807) is 6.08 Å². The second-order valence-electron chi connectivity index (χ2n) is 4.61. The van der Waals surface area contributed by atoms with Crippen LogP contribution in [0, 0.1) is 11.8 Å². The third-order valence-corrected chi connectivity index (χ3v) is 1.94. The Bertz CT molecular complexity index is 214. The first-order valence-electron chi connectivity index (χ1n) is 5.36. The largest absolute Gasteiger partial charge is 0.386 e. The molecule has 0 radical (unpaired) electrons. The van der Waals surface area contributed by atoms with Gasteiger partial charge in [0.2, 0.25) is 0 Å². The van der Waals surface area contributed by atoms with E-state index in [1.807, 2.05) is 13.8 Å². The molecule has 0 atom stereocenters. The summed E-state index contributed by atoms with van der Waals surface area (Å²) in [6.07, 6.45) is 1.75. The number of carbonyl (C=O) groups is 1. The lowest BCUT2D eigenvalue weighted by molar-refractivity contribution is -0.117. The predicted molar refractivity (Wildman–Crippen MR) is 61.0 cm³/mol. The first kappa shape index (κ1) is 13.2. The smallest absolute Gasteiger partial charge is 0.159 e. The maximum atomic E-state index is 11.5. The van der Waals surface area contributed by atoms with Crippen molar-refractivity contribution in [2.75, 3.05) is 0 Å². The van der Waals surface area contributed by atoms with E-state index in [9.17, 15) is 4.79 Å². The molecule has 0 aromatic carbocycles. The van der Waals surface area contributed by atoms with Crippen LogP contribution in [0.15, 0.2) is 11.8 Å². The number of ketones is 1. The van der Waals surface area contributed by atoms with Gasteiger partial charge in [-0.1, -0.05) is 27.7 Å². The van der Waals surface area contributed by atoms with Crippen molar-refractivity contribution in [2.45, 2.75) is 47.6 Å². The van der Waals surface area contributed by atoms with Gasteiger partial charge in [0.05, 0.1) is 0 Å². The quantitative estimate of drug-likeness (QED) is 0.687. The van der Waals surface area contributed by atoms with E-state index in [0.29, 0.717) is 12.0 Å². The minimum Gasteiger partial charge on any atom is -0.386 e. The Kier molecular flexibility index (Phi) is 5.51.